The highest BCUT2D eigenvalue weighted by Crippen LogP contribution is 2.32. The quantitative estimate of drug-likeness (QED) is 0.429. The summed E-state index contributed by atoms with van der Waals surface area (Å²) in [5, 5.41) is 0. The van der Waals surface area contributed by atoms with E-state index in [1.165, 1.54) is 0 Å². The van der Waals surface area contributed by atoms with E-state index in [9.17, 15) is 8.42 Å². The molecule has 0 spiro atoms. The van der Waals surface area contributed by atoms with Crippen LogP contribution in [0, 0.1) is 0 Å². The lowest BCUT2D eigenvalue weighted by atomic mass is 9.97. The molecular formula is C22H23N5O3S2. The molecule has 2 aromatic carbocycles. The van der Waals surface area contributed by atoms with Crippen LogP contribution in [0.2, 0.25) is 0 Å². The largest absolute Gasteiger partial charge is 0.497 e. The first kappa shape index (κ1) is 21.0. The zero-order valence-electron chi connectivity index (χ0n) is 17.6. The number of rotatable bonds is 6. The van der Waals surface area contributed by atoms with Crippen LogP contribution >= 0.6 is 11.7 Å². The monoisotopic (exact) mass is 469 g/mol. The second-order valence-electron chi connectivity index (χ2n) is 7.83. The van der Waals surface area contributed by atoms with E-state index in [2.05, 4.69) is 18.3 Å². The Kier molecular flexibility index (Phi) is 5.66. The standard InChI is InChI=1S/C22H23N5O3S2/c1-30-18-7-5-16(6-8-18)15-26-14-11-23-22(26)17-9-12-27(13-10-17)32(28,29)20-4-2-3-19-21(20)25-31-24-19/h2-8,11,14,17H,9-10,12-13,15H2,1H3. The highest BCUT2D eigenvalue weighted by molar-refractivity contribution is 7.89. The Morgan fingerprint density at radius 1 is 1.09 bits per heavy atom. The van der Waals surface area contributed by atoms with E-state index in [4.69, 9.17) is 4.74 Å². The van der Waals surface area contributed by atoms with Gasteiger partial charge in [-0.15, -0.1) is 0 Å². The maximum absolute atomic E-state index is 13.3. The molecule has 1 saturated heterocycles. The Bertz CT molecular complexity index is 1320. The summed E-state index contributed by atoms with van der Waals surface area (Å²) < 4.78 is 43.9. The molecule has 0 aliphatic carbocycles. The first-order valence-electron chi connectivity index (χ1n) is 10.4. The zero-order chi connectivity index (χ0) is 22.1. The maximum Gasteiger partial charge on any atom is 0.245 e. The minimum Gasteiger partial charge on any atom is -0.497 e. The van der Waals surface area contributed by atoms with Crippen LogP contribution in [-0.4, -0.2) is 51.2 Å². The smallest absolute Gasteiger partial charge is 0.245 e. The van der Waals surface area contributed by atoms with Crippen LogP contribution in [0.25, 0.3) is 11.0 Å². The number of piperidine rings is 1. The van der Waals surface area contributed by atoms with Crippen molar-refractivity contribution < 1.29 is 13.2 Å². The number of ether oxygens (including phenoxy) is 1. The molecule has 2 aromatic heterocycles. The summed E-state index contributed by atoms with van der Waals surface area (Å²) in [5.41, 5.74) is 2.23. The number of fused-ring (bicyclic) bond motifs is 1. The second-order valence-corrected chi connectivity index (χ2v) is 10.3. The summed E-state index contributed by atoms with van der Waals surface area (Å²) in [6.45, 7) is 1.63. The van der Waals surface area contributed by atoms with Gasteiger partial charge < -0.3 is 9.30 Å². The Labute approximate surface area is 190 Å². The van der Waals surface area contributed by atoms with Crippen molar-refractivity contribution >= 4 is 32.8 Å². The van der Waals surface area contributed by atoms with Crippen molar-refractivity contribution in [3.8, 4) is 5.75 Å². The Morgan fingerprint density at radius 3 is 2.62 bits per heavy atom. The molecule has 32 heavy (non-hydrogen) atoms. The average Bonchev–Trinajstić information content (AvgIpc) is 3.49. The van der Waals surface area contributed by atoms with Gasteiger partial charge in [-0.3, -0.25) is 0 Å². The van der Waals surface area contributed by atoms with Crippen LogP contribution in [0.3, 0.4) is 0 Å². The number of benzene rings is 2. The molecule has 0 amide bonds. The second kappa shape index (κ2) is 8.61. The van der Waals surface area contributed by atoms with Crippen molar-refractivity contribution in [3.05, 3.63) is 66.2 Å². The number of hydrogen-bond acceptors (Lipinski definition) is 7. The Morgan fingerprint density at radius 2 is 1.88 bits per heavy atom. The molecule has 1 fully saturated rings. The summed E-state index contributed by atoms with van der Waals surface area (Å²) in [4.78, 5) is 4.84. The van der Waals surface area contributed by atoms with E-state index in [0.717, 1.165) is 48.3 Å². The van der Waals surface area contributed by atoms with Gasteiger partial charge in [0.2, 0.25) is 10.0 Å². The number of imidazole rings is 1. The van der Waals surface area contributed by atoms with Gasteiger partial charge in [-0.2, -0.15) is 13.1 Å². The minimum absolute atomic E-state index is 0.214. The SMILES string of the molecule is COc1ccc(Cn2ccnc2C2CCN(S(=O)(=O)c3cccc4nsnc34)CC2)cc1. The van der Waals surface area contributed by atoms with Crippen molar-refractivity contribution in [3.63, 3.8) is 0 Å². The summed E-state index contributed by atoms with van der Waals surface area (Å²) in [5.74, 6) is 2.05. The van der Waals surface area contributed by atoms with E-state index in [1.807, 2.05) is 36.7 Å². The van der Waals surface area contributed by atoms with Gasteiger partial charge in [0.1, 0.15) is 27.5 Å². The molecule has 166 valence electrons. The summed E-state index contributed by atoms with van der Waals surface area (Å²) >= 11 is 1.03. The van der Waals surface area contributed by atoms with E-state index in [0.29, 0.717) is 24.1 Å². The molecular weight excluding hydrogens is 446 g/mol. The van der Waals surface area contributed by atoms with Crippen LogP contribution in [0.1, 0.15) is 30.1 Å². The van der Waals surface area contributed by atoms with Crippen LogP contribution in [0.5, 0.6) is 5.75 Å². The predicted octanol–water partition coefficient (Wildman–Crippen LogP) is 3.51. The van der Waals surface area contributed by atoms with Crippen molar-refractivity contribution in [2.24, 2.45) is 0 Å². The van der Waals surface area contributed by atoms with E-state index in [1.54, 1.807) is 29.6 Å². The normalized spacial score (nSPS) is 15.9. The van der Waals surface area contributed by atoms with Crippen molar-refractivity contribution in [2.45, 2.75) is 30.2 Å². The first-order chi connectivity index (χ1) is 15.6. The third-order valence-corrected chi connectivity index (χ3v) is 8.42. The Balaban J connectivity index is 1.30. The molecule has 0 N–H and O–H groups in total. The van der Waals surface area contributed by atoms with Gasteiger partial charge in [-0.05, 0) is 42.7 Å². The van der Waals surface area contributed by atoms with Gasteiger partial charge in [0, 0.05) is 37.9 Å². The van der Waals surface area contributed by atoms with Gasteiger partial charge in [0.05, 0.1) is 18.8 Å². The molecule has 0 atom stereocenters. The summed E-state index contributed by atoms with van der Waals surface area (Å²) in [6, 6.07) is 13.1. The predicted molar refractivity (Wildman–Crippen MR) is 122 cm³/mol. The number of nitrogens with zero attached hydrogens (tertiary/aromatic N) is 5. The van der Waals surface area contributed by atoms with Crippen molar-refractivity contribution in [1.29, 1.82) is 0 Å². The van der Waals surface area contributed by atoms with Gasteiger partial charge in [0.25, 0.3) is 0 Å². The van der Waals surface area contributed by atoms with E-state index >= 15 is 0 Å². The van der Waals surface area contributed by atoms with Gasteiger partial charge in [-0.1, -0.05) is 18.2 Å². The fraction of sp³-hybridized carbons (Fsp3) is 0.318. The molecule has 8 nitrogen and oxygen atoms in total. The number of aromatic nitrogens is 4. The fourth-order valence-corrected chi connectivity index (χ4v) is 6.45. The molecule has 4 aromatic rings. The minimum atomic E-state index is -3.62. The lowest BCUT2D eigenvalue weighted by Gasteiger charge is -2.31. The molecule has 0 radical (unpaired) electrons. The lowest BCUT2D eigenvalue weighted by molar-refractivity contribution is 0.310. The maximum atomic E-state index is 13.3. The molecule has 10 heteroatoms. The number of sulfonamides is 1. The van der Waals surface area contributed by atoms with Crippen molar-refractivity contribution in [2.75, 3.05) is 20.2 Å². The molecule has 1 aliphatic heterocycles. The third-order valence-electron chi connectivity index (χ3n) is 5.95. The third kappa shape index (κ3) is 3.89. The van der Waals surface area contributed by atoms with Crippen LogP contribution in [-0.2, 0) is 16.6 Å². The summed E-state index contributed by atoms with van der Waals surface area (Å²) in [6.07, 6.45) is 5.25. The van der Waals surface area contributed by atoms with Gasteiger partial charge in [0.15, 0.2) is 0 Å². The van der Waals surface area contributed by atoms with Gasteiger partial charge in [-0.25, -0.2) is 13.4 Å². The first-order valence-corrected chi connectivity index (χ1v) is 12.6. The Hall–Kier alpha value is -2.82. The molecule has 5 rings (SSSR count). The van der Waals surface area contributed by atoms with Crippen LogP contribution in [0.15, 0.2) is 59.8 Å². The van der Waals surface area contributed by atoms with Crippen LogP contribution < -0.4 is 4.74 Å². The molecule has 1 aliphatic rings. The highest BCUT2D eigenvalue weighted by Gasteiger charge is 2.33. The van der Waals surface area contributed by atoms with E-state index in [-0.39, 0.29) is 10.8 Å². The molecule has 0 unspecified atom stereocenters. The summed E-state index contributed by atoms with van der Waals surface area (Å²) in [7, 11) is -1.96. The fourth-order valence-electron chi connectivity index (χ4n) is 4.22. The zero-order valence-corrected chi connectivity index (χ0v) is 19.2. The van der Waals surface area contributed by atoms with Gasteiger partial charge >= 0.3 is 0 Å². The molecule has 0 bridgehead atoms. The highest BCUT2D eigenvalue weighted by atomic mass is 32.2. The van der Waals surface area contributed by atoms with Crippen LogP contribution in [0.4, 0.5) is 0 Å². The lowest BCUT2D eigenvalue weighted by Crippen LogP contribution is -2.38. The van der Waals surface area contributed by atoms with E-state index < -0.39 is 10.0 Å². The van der Waals surface area contributed by atoms with Crippen molar-refractivity contribution in [1.82, 2.24) is 22.6 Å². The number of methoxy groups -OCH3 is 1. The topological polar surface area (TPSA) is 90.2 Å². The average molecular weight is 470 g/mol. The molecule has 3 heterocycles. The molecule has 0 saturated carbocycles. The number of hydrogen-bond donors (Lipinski definition) is 0.